The van der Waals surface area contributed by atoms with Gasteiger partial charge in [0.2, 0.25) is 0 Å². The standard InChI is InChI=1S/C13H23N5O2S/c1-11-9-13(18-7-5-4-6-8-18)16-12(15-11)10-14-21(19,20)17(2)3/h9,14H,4-8,10H2,1-3H3. The largest absolute Gasteiger partial charge is 0.357 e. The van der Waals surface area contributed by atoms with Crippen molar-refractivity contribution < 1.29 is 8.42 Å². The molecule has 0 saturated carbocycles. The Balaban J connectivity index is 2.11. The van der Waals surface area contributed by atoms with Gasteiger partial charge in [0.1, 0.15) is 11.6 Å². The molecule has 1 aromatic rings. The average molecular weight is 313 g/mol. The highest BCUT2D eigenvalue weighted by Crippen LogP contribution is 2.18. The molecule has 0 spiro atoms. The lowest BCUT2D eigenvalue weighted by Gasteiger charge is -2.28. The number of aryl methyl sites for hydroxylation is 1. The molecule has 0 bridgehead atoms. The zero-order chi connectivity index (χ0) is 15.5. The van der Waals surface area contributed by atoms with Gasteiger partial charge < -0.3 is 4.90 Å². The third kappa shape index (κ3) is 4.36. The van der Waals surface area contributed by atoms with Gasteiger partial charge in [-0.1, -0.05) is 0 Å². The zero-order valence-electron chi connectivity index (χ0n) is 12.8. The normalized spacial score (nSPS) is 16.5. The molecule has 2 heterocycles. The van der Waals surface area contributed by atoms with Gasteiger partial charge in [-0.3, -0.25) is 0 Å². The molecule has 0 radical (unpaired) electrons. The minimum absolute atomic E-state index is 0.100. The smallest absolute Gasteiger partial charge is 0.279 e. The third-order valence-electron chi connectivity index (χ3n) is 3.46. The number of nitrogens with one attached hydrogen (secondary N) is 1. The van der Waals surface area contributed by atoms with Crippen molar-refractivity contribution in [3.05, 3.63) is 17.6 Å². The van der Waals surface area contributed by atoms with Crippen LogP contribution in [-0.4, -0.2) is 49.9 Å². The first-order chi connectivity index (χ1) is 9.88. The maximum Gasteiger partial charge on any atom is 0.279 e. The second-order valence-electron chi connectivity index (χ2n) is 5.44. The van der Waals surface area contributed by atoms with E-state index < -0.39 is 10.2 Å². The molecule has 1 fully saturated rings. The van der Waals surface area contributed by atoms with Gasteiger partial charge in [-0.2, -0.15) is 17.4 Å². The Morgan fingerprint density at radius 1 is 1.24 bits per heavy atom. The molecule has 1 aliphatic rings. The monoisotopic (exact) mass is 313 g/mol. The first-order valence-electron chi connectivity index (χ1n) is 7.15. The molecule has 0 atom stereocenters. The van der Waals surface area contributed by atoms with Crippen LogP contribution in [0.1, 0.15) is 30.8 Å². The fourth-order valence-electron chi connectivity index (χ4n) is 2.26. The van der Waals surface area contributed by atoms with E-state index in [0.717, 1.165) is 28.9 Å². The molecule has 1 aromatic heterocycles. The van der Waals surface area contributed by atoms with E-state index in [1.807, 2.05) is 13.0 Å². The molecule has 0 unspecified atom stereocenters. The minimum Gasteiger partial charge on any atom is -0.357 e. The predicted octanol–water partition coefficient (Wildman–Crippen LogP) is 0.671. The summed E-state index contributed by atoms with van der Waals surface area (Å²) in [7, 11) is -0.488. The van der Waals surface area contributed by atoms with E-state index in [0.29, 0.717) is 5.82 Å². The zero-order valence-corrected chi connectivity index (χ0v) is 13.7. The summed E-state index contributed by atoms with van der Waals surface area (Å²) in [5.41, 5.74) is 0.852. The lowest BCUT2D eigenvalue weighted by atomic mass is 10.1. The highest BCUT2D eigenvalue weighted by molar-refractivity contribution is 7.87. The van der Waals surface area contributed by atoms with Crippen molar-refractivity contribution in [1.29, 1.82) is 0 Å². The van der Waals surface area contributed by atoms with Crippen molar-refractivity contribution in [1.82, 2.24) is 19.0 Å². The summed E-state index contributed by atoms with van der Waals surface area (Å²) in [5, 5.41) is 0. The van der Waals surface area contributed by atoms with Crippen molar-refractivity contribution in [3.8, 4) is 0 Å². The molecule has 118 valence electrons. The van der Waals surface area contributed by atoms with Crippen molar-refractivity contribution in [2.45, 2.75) is 32.7 Å². The van der Waals surface area contributed by atoms with Crippen LogP contribution in [-0.2, 0) is 16.8 Å². The molecule has 0 aliphatic carbocycles. The molecular formula is C13H23N5O2S. The summed E-state index contributed by atoms with van der Waals surface area (Å²) in [6, 6.07) is 1.95. The highest BCUT2D eigenvalue weighted by atomic mass is 32.2. The number of anilines is 1. The van der Waals surface area contributed by atoms with Crippen LogP contribution >= 0.6 is 0 Å². The summed E-state index contributed by atoms with van der Waals surface area (Å²) in [4.78, 5) is 11.0. The summed E-state index contributed by atoms with van der Waals surface area (Å²) >= 11 is 0. The highest BCUT2D eigenvalue weighted by Gasteiger charge is 2.16. The van der Waals surface area contributed by atoms with Crippen molar-refractivity contribution in [2.75, 3.05) is 32.1 Å². The number of aromatic nitrogens is 2. The van der Waals surface area contributed by atoms with Crippen molar-refractivity contribution >= 4 is 16.0 Å². The molecule has 0 aromatic carbocycles. The van der Waals surface area contributed by atoms with Crippen molar-refractivity contribution in [3.63, 3.8) is 0 Å². The SMILES string of the molecule is Cc1cc(N2CCCCC2)nc(CNS(=O)(=O)N(C)C)n1. The van der Waals surface area contributed by atoms with Gasteiger partial charge in [0.05, 0.1) is 6.54 Å². The Morgan fingerprint density at radius 3 is 2.52 bits per heavy atom. The summed E-state index contributed by atoms with van der Waals surface area (Å²) in [5.74, 6) is 1.39. The number of nitrogens with zero attached hydrogens (tertiary/aromatic N) is 4. The van der Waals surface area contributed by atoms with Crippen molar-refractivity contribution in [2.24, 2.45) is 0 Å². The van der Waals surface area contributed by atoms with E-state index in [-0.39, 0.29) is 6.54 Å². The Bertz CT molecular complexity index is 582. The molecule has 7 nitrogen and oxygen atoms in total. The fraction of sp³-hybridized carbons (Fsp3) is 0.692. The van der Waals surface area contributed by atoms with E-state index in [4.69, 9.17) is 0 Å². The molecular weight excluding hydrogens is 290 g/mol. The summed E-state index contributed by atoms with van der Waals surface area (Å²) < 4.78 is 27.1. The lowest BCUT2D eigenvalue weighted by Crippen LogP contribution is -2.36. The third-order valence-corrected chi connectivity index (χ3v) is 4.93. The van der Waals surface area contributed by atoms with Crippen LogP contribution in [0.3, 0.4) is 0 Å². The molecule has 0 amide bonds. The molecule has 1 aliphatic heterocycles. The Morgan fingerprint density at radius 2 is 1.90 bits per heavy atom. The number of hydrogen-bond acceptors (Lipinski definition) is 5. The Labute approximate surface area is 126 Å². The van der Waals surface area contributed by atoms with Gasteiger partial charge in [0.15, 0.2) is 0 Å². The second-order valence-corrected chi connectivity index (χ2v) is 7.41. The minimum atomic E-state index is -3.46. The predicted molar refractivity (Wildman–Crippen MR) is 82.3 cm³/mol. The number of hydrogen-bond donors (Lipinski definition) is 1. The van der Waals surface area contributed by atoms with Gasteiger partial charge in [0, 0.05) is 38.9 Å². The van der Waals surface area contributed by atoms with Gasteiger partial charge >= 0.3 is 0 Å². The average Bonchev–Trinajstić information content (AvgIpc) is 2.45. The van der Waals surface area contributed by atoms with Crippen LogP contribution in [0.25, 0.3) is 0 Å². The van der Waals surface area contributed by atoms with E-state index >= 15 is 0 Å². The van der Waals surface area contributed by atoms with Crippen LogP contribution < -0.4 is 9.62 Å². The van der Waals surface area contributed by atoms with Gasteiger partial charge in [-0.15, -0.1) is 0 Å². The second kappa shape index (κ2) is 6.67. The quantitative estimate of drug-likeness (QED) is 0.864. The molecule has 21 heavy (non-hydrogen) atoms. The Hall–Kier alpha value is -1.25. The van der Waals surface area contributed by atoms with Crippen LogP contribution in [0.2, 0.25) is 0 Å². The maximum absolute atomic E-state index is 11.7. The number of piperidine rings is 1. The fourth-order valence-corrected chi connectivity index (χ4v) is 2.83. The molecule has 8 heteroatoms. The van der Waals surface area contributed by atoms with Crippen LogP contribution in [0.4, 0.5) is 5.82 Å². The van der Waals surface area contributed by atoms with Gasteiger partial charge in [-0.25, -0.2) is 9.97 Å². The van der Waals surface area contributed by atoms with Crippen LogP contribution in [0.5, 0.6) is 0 Å². The van der Waals surface area contributed by atoms with E-state index in [2.05, 4.69) is 19.6 Å². The summed E-state index contributed by atoms with van der Waals surface area (Å²) in [6.45, 7) is 4.00. The van der Waals surface area contributed by atoms with Crippen LogP contribution in [0, 0.1) is 6.92 Å². The van der Waals surface area contributed by atoms with Crippen LogP contribution in [0.15, 0.2) is 6.07 Å². The molecule has 1 N–H and O–H groups in total. The maximum atomic E-state index is 11.7. The Kier molecular flexibility index (Phi) is 5.13. The first-order valence-corrected chi connectivity index (χ1v) is 8.59. The van der Waals surface area contributed by atoms with E-state index in [1.54, 1.807) is 0 Å². The van der Waals surface area contributed by atoms with E-state index in [9.17, 15) is 8.42 Å². The topological polar surface area (TPSA) is 78.4 Å². The van der Waals surface area contributed by atoms with E-state index in [1.165, 1.54) is 33.4 Å². The molecule has 2 rings (SSSR count). The van der Waals surface area contributed by atoms with Gasteiger partial charge in [-0.05, 0) is 26.2 Å². The van der Waals surface area contributed by atoms with Gasteiger partial charge in [0.25, 0.3) is 10.2 Å². The first kappa shape index (κ1) is 16.1. The number of rotatable bonds is 5. The molecule has 1 saturated heterocycles. The lowest BCUT2D eigenvalue weighted by molar-refractivity contribution is 0.503. The summed E-state index contributed by atoms with van der Waals surface area (Å²) in [6.07, 6.45) is 3.60.